The second kappa shape index (κ2) is 4.55. The van der Waals surface area contributed by atoms with Crippen molar-refractivity contribution in [2.24, 2.45) is 0 Å². The highest BCUT2D eigenvalue weighted by atomic mass is 35.5. The molecule has 2 aromatic rings. The predicted molar refractivity (Wildman–Crippen MR) is 64.5 cm³/mol. The Morgan fingerprint density at radius 3 is 2.82 bits per heavy atom. The first-order chi connectivity index (χ1) is 8.11. The van der Waals surface area contributed by atoms with E-state index in [1.165, 1.54) is 6.07 Å². The van der Waals surface area contributed by atoms with Crippen molar-refractivity contribution in [1.82, 2.24) is 9.78 Å². The van der Waals surface area contributed by atoms with E-state index < -0.39 is 4.92 Å². The van der Waals surface area contributed by atoms with Gasteiger partial charge in [0.2, 0.25) is 0 Å². The van der Waals surface area contributed by atoms with Gasteiger partial charge >= 0.3 is 0 Å². The molecule has 5 nitrogen and oxygen atoms in total. The Morgan fingerprint density at radius 1 is 1.47 bits per heavy atom. The van der Waals surface area contributed by atoms with E-state index in [-0.39, 0.29) is 5.69 Å². The van der Waals surface area contributed by atoms with Crippen LogP contribution in [0.25, 0.3) is 5.69 Å². The molecular formula is C11H10ClN3O2. The lowest BCUT2D eigenvalue weighted by Crippen LogP contribution is -1.98. The third kappa shape index (κ3) is 2.29. The molecule has 0 saturated heterocycles. The highest BCUT2D eigenvalue weighted by Gasteiger charge is 2.12. The van der Waals surface area contributed by atoms with Gasteiger partial charge in [-0.25, -0.2) is 4.68 Å². The number of alkyl halides is 1. The Kier molecular flexibility index (Phi) is 3.10. The van der Waals surface area contributed by atoms with Gasteiger partial charge in [-0.05, 0) is 19.1 Å². The van der Waals surface area contributed by atoms with Gasteiger partial charge in [0.15, 0.2) is 0 Å². The minimum absolute atomic E-state index is 0.0884. The fraction of sp³-hybridized carbons (Fsp3) is 0.182. The molecular weight excluding hydrogens is 242 g/mol. The third-order valence-corrected chi connectivity index (χ3v) is 2.71. The average molecular weight is 252 g/mol. The Labute approximate surface area is 103 Å². The van der Waals surface area contributed by atoms with Gasteiger partial charge in [-0.3, -0.25) is 10.1 Å². The van der Waals surface area contributed by atoms with E-state index in [0.717, 1.165) is 5.69 Å². The summed E-state index contributed by atoms with van der Waals surface area (Å²) in [4.78, 5) is 10.4. The summed E-state index contributed by atoms with van der Waals surface area (Å²) in [5, 5.41) is 15.0. The molecule has 0 bridgehead atoms. The number of aryl methyl sites for hydroxylation is 1. The topological polar surface area (TPSA) is 61.0 Å². The largest absolute Gasteiger partial charge is 0.274 e. The summed E-state index contributed by atoms with van der Waals surface area (Å²) in [6.07, 6.45) is 1.73. The SMILES string of the molecule is Cc1ccc(-n2ccc(CCl)n2)cc1[N+](=O)[O-]. The number of hydrogen-bond acceptors (Lipinski definition) is 3. The zero-order valence-electron chi connectivity index (χ0n) is 9.13. The quantitative estimate of drug-likeness (QED) is 0.479. The first-order valence-electron chi connectivity index (χ1n) is 4.98. The van der Waals surface area contributed by atoms with Crippen LogP contribution in [0.3, 0.4) is 0 Å². The van der Waals surface area contributed by atoms with E-state index in [2.05, 4.69) is 5.10 Å². The molecule has 0 unspecified atom stereocenters. The van der Waals surface area contributed by atoms with E-state index in [1.807, 2.05) is 0 Å². The van der Waals surface area contributed by atoms with Crippen molar-refractivity contribution in [3.05, 3.63) is 51.8 Å². The summed E-state index contributed by atoms with van der Waals surface area (Å²) < 4.78 is 1.57. The lowest BCUT2D eigenvalue weighted by molar-refractivity contribution is -0.385. The smallest absolute Gasteiger partial charge is 0.258 e. The summed E-state index contributed by atoms with van der Waals surface area (Å²) in [5.74, 6) is 0.320. The lowest BCUT2D eigenvalue weighted by Gasteiger charge is -2.02. The van der Waals surface area contributed by atoms with Crippen molar-refractivity contribution in [3.8, 4) is 5.69 Å². The number of nitrogens with zero attached hydrogens (tertiary/aromatic N) is 3. The molecule has 0 aliphatic heterocycles. The Hall–Kier alpha value is -1.88. The lowest BCUT2D eigenvalue weighted by atomic mass is 10.2. The number of benzene rings is 1. The van der Waals surface area contributed by atoms with Crippen molar-refractivity contribution in [2.45, 2.75) is 12.8 Å². The number of rotatable bonds is 3. The van der Waals surface area contributed by atoms with Gasteiger partial charge in [0, 0.05) is 17.8 Å². The monoisotopic (exact) mass is 251 g/mol. The van der Waals surface area contributed by atoms with Crippen LogP contribution in [0, 0.1) is 17.0 Å². The second-order valence-electron chi connectivity index (χ2n) is 3.61. The highest BCUT2D eigenvalue weighted by molar-refractivity contribution is 6.16. The maximum atomic E-state index is 10.8. The first kappa shape index (κ1) is 11.6. The van der Waals surface area contributed by atoms with Gasteiger partial charge in [-0.15, -0.1) is 11.6 Å². The molecule has 88 valence electrons. The van der Waals surface area contributed by atoms with E-state index in [4.69, 9.17) is 11.6 Å². The number of nitro groups is 1. The first-order valence-corrected chi connectivity index (χ1v) is 5.51. The summed E-state index contributed by atoms with van der Waals surface area (Å²) in [5.41, 5.74) is 2.10. The van der Waals surface area contributed by atoms with Crippen molar-refractivity contribution in [1.29, 1.82) is 0 Å². The summed E-state index contributed by atoms with van der Waals surface area (Å²) in [6, 6.07) is 6.77. The Balaban J connectivity index is 2.46. The Morgan fingerprint density at radius 2 is 2.24 bits per heavy atom. The standard InChI is InChI=1S/C11H10ClN3O2/c1-8-2-3-10(6-11(8)15(16)17)14-5-4-9(7-12)13-14/h2-6H,7H2,1H3. The van der Waals surface area contributed by atoms with Gasteiger partial charge in [0.05, 0.1) is 22.2 Å². The molecule has 1 aromatic heterocycles. The Bertz CT molecular complexity index is 566. The van der Waals surface area contributed by atoms with E-state index in [9.17, 15) is 10.1 Å². The molecule has 1 aromatic carbocycles. The molecule has 0 aliphatic rings. The molecule has 0 amide bonds. The van der Waals surface area contributed by atoms with Crippen molar-refractivity contribution in [3.63, 3.8) is 0 Å². The van der Waals surface area contributed by atoms with E-state index >= 15 is 0 Å². The number of hydrogen-bond donors (Lipinski definition) is 0. The minimum Gasteiger partial charge on any atom is -0.258 e. The maximum Gasteiger partial charge on any atom is 0.274 e. The third-order valence-electron chi connectivity index (χ3n) is 2.44. The van der Waals surface area contributed by atoms with E-state index in [1.54, 1.807) is 36.0 Å². The zero-order chi connectivity index (χ0) is 12.4. The number of halogens is 1. The molecule has 1 heterocycles. The highest BCUT2D eigenvalue weighted by Crippen LogP contribution is 2.21. The number of aromatic nitrogens is 2. The molecule has 6 heteroatoms. The van der Waals surface area contributed by atoms with Crippen LogP contribution in [-0.4, -0.2) is 14.7 Å². The molecule has 2 rings (SSSR count). The molecule has 0 fully saturated rings. The van der Waals surface area contributed by atoms with Crippen LogP contribution >= 0.6 is 11.6 Å². The zero-order valence-corrected chi connectivity index (χ0v) is 9.89. The van der Waals surface area contributed by atoms with Gasteiger partial charge in [0.25, 0.3) is 5.69 Å². The molecule has 0 spiro atoms. The molecule has 0 N–H and O–H groups in total. The fourth-order valence-corrected chi connectivity index (χ4v) is 1.66. The molecule has 0 aliphatic carbocycles. The van der Waals surface area contributed by atoms with Crippen molar-refractivity contribution in [2.75, 3.05) is 0 Å². The molecule has 0 atom stereocenters. The second-order valence-corrected chi connectivity index (χ2v) is 3.88. The summed E-state index contributed by atoms with van der Waals surface area (Å²) in [6.45, 7) is 1.70. The van der Waals surface area contributed by atoms with Crippen molar-refractivity contribution < 1.29 is 4.92 Å². The van der Waals surface area contributed by atoms with Gasteiger partial charge in [-0.2, -0.15) is 5.10 Å². The van der Waals surface area contributed by atoms with Crippen LogP contribution in [0.4, 0.5) is 5.69 Å². The molecule has 0 saturated carbocycles. The van der Waals surface area contributed by atoms with Crippen molar-refractivity contribution >= 4 is 17.3 Å². The minimum atomic E-state index is -0.398. The fourth-order valence-electron chi connectivity index (χ4n) is 1.51. The summed E-state index contributed by atoms with van der Waals surface area (Å²) >= 11 is 5.65. The molecule has 0 radical (unpaired) electrons. The predicted octanol–water partition coefficient (Wildman–Crippen LogP) is 2.83. The van der Waals surface area contributed by atoms with Gasteiger partial charge in [0.1, 0.15) is 0 Å². The summed E-state index contributed by atoms with van der Waals surface area (Å²) in [7, 11) is 0. The van der Waals surface area contributed by atoms with Crippen LogP contribution in [0.1, 0.15) is 11.3 Å². The normalized spacial score (nSPS) is 10.5. The number of nitro benzene ring substituents is 1. The van der Waals surface area contributed by atoms with Gasteiger partial charge in [-0.1, -0.05) is 6.07 Å². The molecule has 17 heavy (non-hydrogen) atoms. The maximum absolute atomic E-state index is 10.8. The van der Waals surface area contributed by atoms with Crippen LogP contribution in [0.5, 0.6) is 0 Å². The van der Waals surface area contributed by atoms with Crippen LogP contribution in [0.2, 0.25) is 0 Å². The average Bonchev–Trinajstić information content (AvgIpc) is 2.78. The van der Waals surface area contributed by atoms with Crippen LogP contribution < -0.4 is 0 Å². The van der Waals surface area contributed by atoms with Gasteiger partial charge < -0.3 is 0 Å². The van der Waals surface area contributed by atoms with Crippen LogP contribution in [-0.2, 0) is 5.88 Å². The van der Waals surface area contributed by atoms with Crippen LogP contribution in [0.15, 0.2) is 30.5 Å². The van der Waals surface area contributed by atoms with E-state index in [0.29, 0.717) is 17.1 Å².